The number of rotatable bonds is 5. The maximum Gasteiger partial charge on any atom is 0.326 e. The number of halogens is 2. The number of carboxylic acids is 1. The van der Waals surface area contributed by atoms with Gasteiger partial charge in [-0.15, -0.1) is 0 Å². The molecule has 2 unspecified atom stereocenters. The van der Waals surface area contributed by atoms with Crippen LogP contribution in [0.4, 0.5) is 8.78 Å². The van der Waals surface area contributed by atoms with Crippen LogP contribution >= 0.6 is 12.6 Å². The average molecular weight is 281 g/mol. The second-order valence-electron chi connectivity index (χ2n) is 4.56. The fraction of sp³-hybridized carbons (Fsp3) is 0.818. The van der Waals surface area contributed by atoms with E-state index < -0.39 is 36.2 Å². The summed E-state index contributed by atoms with van der Waals surface area (Å²) in [5.41, 5.74) is 0. The molecule has 0 heterocycles. The van der Waals surface area contributed by atoms with E-state index in [1.807, 2.05) is 0 Å². The first-order valence-electron chi connectivity index (χ1n) is 5.87. The second-order valence-corrected chi connectivity index (χ2v) is 5.01. The van der Waals surface area contributed by atoms with Gasteiger partial charge >= 0.3 is 5.97 Å². The summed E-state index contributed by atoms with van der Waals surface area (Å²) in [6, 6.07) is -1.05. The Kier molecular flexibility index (Phi) is 5.37. The molecule has 1 saturated carbocycles. The molecule has 0 radical (unpaired) electrons. The summed E-state index contributed by atoms with van der Waals surface area (Å²) in [5, 5.41) is 11.2. The van der Waals surface area contributed by atoms with Crippen LogP contribution in [-0.2, 0) is 9.59 Å². The van der Waals surface area contributed by atoms with Gasteiger partial charge in [-0.05, 0) is 25.0 Å². The summed E-state index contributed by atoms with van der Waals surface area (Å²) >= 11 is 3.90. The van der Waals surface area contributed by atoms with E-state index in [1.165, 1.54) is 0 Å². The van der Waals surface area contributed by atoms with Gasteiger partial charge in [0.05, 0.1) is 0 Å². The molecular formula is C11H17F2NO3S. The van der Waals surface area contributed by atoms with E-state index in [4.69, 9.17) is 5.11 Å². The molecule has 1 amide bonds. The molecule has 2 N–H and O–H groups in total. The standard InChI is InChI=1S/C11H17F2NO3S/c12-11(13)4-1-2-7(6-11)9(15)14-8(3-5-18)10(16)17/h7-8,18H,1-6H2,(H,14,15)(H,16,17). The van der Waals surface area contributed by atoms with Crippen molar-refractivity contribution < 1.29 is 23.5 Å². The number of carbonyl (C=O) groups excluding carboxylic acids is 1. The van der Waals surface area contributed by atoms with Crippen LogP contribution in [0.2, 0.25) is 0 Å². The first-order valence-corrected chi connectivity index (χ1v) is 6.51. The highest BCUT2D eigenvalue weighted by molar-refractivity contribution is 7.80. The Bertz CT molecular complexity index is 325. The normalized spacial score (nSPS) is 24.3. The Balaban J connectivity index is 2.55. The van der Waals surface area contributed by atoms with Gasteiger partial charge in [-0.2, -0.15) is 12.6 Å². The number of alkyl halides is 2. The summed E-state index contributed by atoms with van der Waals surface area (Å²) in [4.78, 5) is 22.6. The highest BCUT2D eigenvalue weighted by Crippen LogP contribution is 2.36. The molecule has 2 atom stereocenters. The molecule has 0 saturated heterocycles. The summed E-state index contributed by atoms with van der Waals surface area (Å²) in [6.45, 7) is 0. The lowest BCUT2D eigenvalue weighted by atomic mass is 9.86. The summed E-state index contributed by atoms with van der Waals surface area (Å²) in [5.74, 6) is -5.07. The topological polar surface area (TPSA) is 66.4 Å². The maximum absolute atomic E-state index is 13.2. The van der Waals surface area contributed by atoms with Crippen LogP contribution in [-0.4, -0.2) is 34.7 Å². The second kappa shape index (κ2) is 6.36. The van der Waals surface area contributed by atoms with E-state index in [0.717, 1.165) is 0 Å². The van der Waals surface area contributed by atoms with Crippen LogP contribution < -0.4 is 5.32 Å². The van der Waals surface area contributed by atoms with Crippen molar-refractivity contribution in [3.8, 4) is 0 Å². The van der Waals surface area contributed by atoms with Crippen LogP contribution in [0.3, 0.4) is 0 Å². The zero-order valence-electron chi connectivity index (χ0n) is 9.86. The van der Waals surface area contributed by atoms with E-state index in [0.29, 0.717) is 12.2 Å². The number of aliphatic carboxylic acids is 1. The highest BCUT2D eigenvalue weighted by Gasteiger charge is 2.39. The molecule has 1 fully saturated rings. The number of hydrogen-bond donors (Lipinski definition) is 3. The van der Waals surface area contributed by atoms with Gasteiger partial charge in [0, 0.05) is 18.8 Å². The number of carboxylic acid groups (broad SMARTS) is 1. The number of thiol groups is 1. The van der Waals surface area contributed by atoms with Crippen molar-refractivity contribution in [3.05, 3.63) is 0 Å². The summed E-state index contributed by atoms with van der Waals surface area (Å²) < 4.78 is 26.3. The van der Waals surface area contributed by atoms with E-state index >= 15 is 0 Å². The number of hydrogen-bond acceptors (Lipinski definition) is 3. The lowest BCUT2D eigenvalue weighted by Gasteiger charge is -2.28. The molecule has 1 rings (SSSR count). The molecule has 18 heavy (non-hydrogen) atoms. The summed E-state index contributed by atoms with van der Waals surface area (Å²) in [7, 11) is 0. The minimum Gasteiger partial charge on any atom is -0.480 e. The van der Waals surface area contributed by atoms with Gasteiger partial charge in [0.25, 0.3) is 0 Å². The molecule has 7 heteroatoms. The quantitative estimate of drug-likeness (QED) is 0.672. The molecule has 0 aromatic carbocycles. The van der Waals surface area contributed by atoms with Crippen molar-refractivity contribution in [1.29, 1.82) is 0 Å². The van der Waals surface area contributed by atoms with Crippen molar-refractivity contribution in [1.82, 2.24) is 5.32 Å². The smallest absolute Gasteiger partial charge is 0.326 e. The molecule has 1 aliphatic rings. The first kappa shape index (κ1) is 15.2. The van der Waals surface area contributed by atoms with Crippen LogP contribution in [0.1, 0.15) is 32.1 Å². The van der Waals surface area contributed by atoms with Gasteiger partial charge in [-0.25, -0.2) is 13.6 Å². The van der Waals surface area contributed by atoms with Crippen molar-refractivity contribution >= 4 is 24.5 Å². The molecule has 0 aromatic rings. The number of carbonyl (C=O) groups is 2. The third-order valence-electron chi connectivity index (χ3n) is 3.04. The Morgan fingerprint density at radius 1 is 1.50 bits per heavy atom. The molecule has 0 aromatic heterocycles. The van der Waals surface area contributed by atoms with Crippen molar-refractivity contribution in [2.24, 2.45) is 5.92 Å². The van der Waals surface area contributed by atoms with Crippen LogP contribution in [0.25, 0.3) is 0 Å². The lowest BCUT2D eigenvalue weighted by Crippen LogP contribution is -2.45. The van der Waals surface area contributed by atoms with E-state index in [2.05, 4.69) is 17.9 Å². The number of nitrogens with one attached hydrogen (secondary N) is 1. The van der Waals surface area contributed by atoms with Gasteiger partial charge in [0.1, 0.15) is 6.04 Å². The molecule has 0 aliphatic heterocycles. The maximum atomic E-state index is 13.2. The third kappa shape index (κ3) is 4.44. The fourth-order valence-corrected chi connectivity index (χ4v) is 2.33. The van der Waals surface area contributed by atoms with E-state index in [1.54, 1.807) is 0 Å². The van der Waals surface area contributed by atoms with Crippen LogP contribution in [0.5, 0.6) is 0 Å². The van der Waals surface area contributed by atoms with Crippen LogP contribution in [0, 0.1) is 5.92 Å². The Morgan fingerprint density at radius 3 is 2.67 bits per heavy atom. The first-order chi connectivity index (χ1) is 8.35. The monoisotopic (exact) mass is 281 g/mol. The Labute approximate surface area is 110 Å². The number of amides is 1. The molecule has 0 spiro atoms. The molecule has 1 aliphatic carbocycles. The summed E-state index contributed by atoms with van der Waals surface area (Å²) in [6.07, 6.45) is 0.152. The Morgan fingerprint density at radius 2 is 2.17 bits per heavy atom. The van der Waals surface area contributed by atoms with Gasteiger partial charge < -0.3 is 10.4 Å². The highest BCUT2D eigenvalue weighted by atomic mass is 32.1. The fourth-order valence-electron chi connectivity index (χ4n) is 2.07. The Hall–Kier alpha value is -0.850. The van der Waals surface area contributed by atoms with Gasteiger partial charge in [-0.3, -0.25) is 4.79 Å². The third-order valence-corrected chi connectivity index (χ3v) is 3.30. The van der Waals surface area contributed by atoms with Crippen molar-refractivity contribution in [2.45, 2.75) is 44.1 Å². The molecule has 4 nitrogen and oxygen atoms in total. The average Bonchev–Trinajstić information content (AvgIpc) is 2.26. The zero-order valence-corrected chi connectivity index (χ0v) is 10.8. The predicted molar refractivity (Wildman–Crippen MR) is 64.9 cm³/mol. The largest absolute Gasteiger partial charge is 0.480 e. The van der Waals surface area contributed by atoms with Gasteiger partial charge in [0.15, 0.2) is 0 Å². The molecule has 0 bridgehead atoms. The minimum absolute atomic E-state index is 0.174. The van der Waals surface area contributed by atoms with Crippen molar-refractivity contribution in [2.75, 3.05) is 5.75 Å². The van der Waals surface area contributed by atoms with E-state index in [-0.39, 0.29) is 19.3 Å². The van der Waals surface area contributed by atoms with Crippen LogP contribution in [0.15, 0.2) is 0 Å². The minimum atomic E-state index is -2.82. The predicted octanol–water partition coefficient (Wildman–Crippen LogP) is 1.70. The van der Waals surface area contributed by atoms with Gasteiger partial charge in [0.2, 0.25) is 11.8 Å². The van der Waals surface area contributed by atoms with Gasteiger partial charge in [-0.1, -0.05) is 0 Å². The lowest BCUT2D eigenvalue weighted by molar-refractivity contribution is -0.144. The SMILES string of the molecule is O=C(NC(CCS)C(=O)O)C1CCCC(F)(F)C1. The van der Waals surface area contributed by atoms with Crippen molar-refractivity contribution in [3.63, 3.8) is 0 Å². The zero-order chi connectivity index (χ0) is 13.8. The molecular weight excluding hydrogens is 264 g/mol. The van der Waals surface area contributed by atoms with E-state index in [9.17, 15) is 18.4 Å². The molecule has 104 valence electrons.